The average molecular weight is 599 g/mol. The second kappa shape index (κ2) is 11.0. The first-order valence-corrected chi connectivity index (χ1v) is 13.8. The normalized spacial score (nSPS) is 41.2. The molecule has 10 unspecified atom stereocenters. The van der Waals surface area contributed by atoms with Crippen molar-refractivity contribution in [3.63, 3.8) is 0 Å². The van der Waals surface area contributed by atoms with Crippen molar-refractivity contribution < 1.29 is 57.5 Å². The standard InChI is InChI=1S/C28H35ClO12/c1-13-25(34)41-22-9-18(11-29)7-8-19(37-14(2)30)26(6)20(38-15(3)31)10-21(39-16(4)32)27(12-36-27)23(26)24(28(13,22)35)40-17(5)33/h7-9,13,19-24,35H,10-12H2,1-6H3. The molecule has 0 amide bonds. The minimum atomic E-state index is -2.20. The van der Waals surface area contributed by atoms with Crippen molar-refractivity contribution >= 4 is 41.4 Å². The molecule has 41 heavy (non-hydrogen) atoms. The lowest BCUT2D eigenvalue weighted by Crippen LogP contribution is -2.71. The second-order valence-electron chi connectivity index (χ2n) is 11.3. The van der Waals surface area contributed by atoms with E-state index in [-0.39, 0.29) is 18.9 Å². The fourth-order valence-electron chi connectivity index (χ4n) is 6.73. The van der Waals surface area contributed by atoms with E-state index in [1.165, 1.54) is 33.8 Å². The van der Waals surface area contributed by atoms with Gasteiger partial charge in [-0.15, -0.1) is 11.6 Å². The number of carbonyl (C=O) groups is 5. The molecule has 0 aromatic heterocycles. The molecule has 2 heterocycles. The van der Waals surface area contributed by atoms with Gasteiger partial charge in [-0.3, -0.25) is 24.0 Å². The Bertz CT molecular complexity index is 1190. The summed E-state index contributed by atoms with van der Waals surface area (Å²) in [5, 5.41) is 12.5. The third-order valence-electron chi connectivity index (χ3n) is 8.67. The highest BCUT2D eigenvalue weighted by molar-refractivity contribution is 6.19. The molecule has 3 fully saturated rings. The maximum Gasteiger partial charge on any atom is 0.312 e. The summed E-state index contributed by atoms with van der Waals surface area (Å²) >= 11 is 6.20. The summed E-state index contributed by atoms with van der Waals surface area (Å²) < 4.78 is 34.8. The summed E-state index contributed by atoms with van der Waals surface area (Å²) in [5.74, 6) is -6.02. The van der Waals surface area contributed by atoms with Crippen LogP contribution in [0.4, 0.5) is 0 Å². The number of alkyl halides is 1. The number of aliphatic hydroxyl groups is 1. The van der Waals surface area contributed by atoms with Crippen molar-refractivity contribution in [2.75, 3.05) is 12.5 Å². The van der Waals surface area contributed by atoms with Gasteiger partial charge in [-0.2, -0.15) is 0 Å². The van der Waals surface area contributed by atoms with Crippen LogP contribution in [0.3, 0.4) is 0 Å². The molecule has 4 rings (SSSR count). The van der Waals surface area contributed by atoms with Crippen LogP contribution in [0.1, 0.15) is 48.0 Å². The van der Waals surface area contributed by atoms with E-state index >= 15 is 0 Å². The van der Waals surface area contributed by atoms with Crippen LogP contribution < -0.4 is 0 Å². The van der Waals surface area contributed by atoms with Gasteiger partial charge in [0, 0.05) is 45.9 Å². The fraction of sp³-hybridized carbons (Fsp3) is 0.679. The largest absolute Gasteiger partial charge is 0.462 e. The van der Waals surface area contributed by atoms with Gasteiger partial charge in [-0.05, 0) is 24.6 Å². The van der Waals surface area contributed by atoms with Crippen molar-refractivity contribution in [1.29, 1.82) is 0 Å². The van der Waals surface area contributed by atoms with E-state index < -0.39 is 88.8 Å². The number of hydrogen-bond acceptors (Lipinski definition) is 12. The number of allylic oxidation sites excluding steroid dienone is 2. The molecule has 0 aromatic carbocycles. The van der Waals surface area contributed by atoms with Crippen LogP contribution in [0.15, 0.2) is 23.8 Å². The molecule has 0 bridgehead atoms. The minimum absolute atomic E-state index is 0.00103. The maximum atomic E-state index is 13.0. The summed E-state index contributed by atoms with van der Waals surface area (Å²) in [6.07, 6.45) is -1.68. The van der Waals surface area contributed by atoms with Gasteiger partial charge < -0.3 is 33.5 Å². The molecule has 1 spiro atoms. The second-order valence-corrected chi connectivity index (χ2v) is 11.5. The zero-order valence-electron chi connectivity index (χ0n) is 23.7. The summed E-state index contributed by atoms with van der Waals surface area (Å²) in [7, 11) is 0. The van der Waals surface area contributed by atoms with E-state index in [0.717, 1.165) is 6.92 Å². The smallest absolute Gasteiger partial charge is 0.312 e. The van der Waals surface area contributed by atoms with Crippen molar-refractivity contribution in [3.8, 4) is 0 Å². The maximum absolute atomic E-state index is 13.0. The van der Waals surface area contributed by atoms with Gasteiger partial charge in [0.1, 0.15) is 30.0 Å². The first-order chi connectivity index (χ1) is 19.1. The van der Waals surface area contributed by atoms with Crippen LogP contribution >= 0.6 is 11.6 Å². The van der Waals surface area contributed by atoms with Gasteiger partial charge >= 0.3 is 29.8 Å². The number of fused-ring (bicyclic) bond motifs is 3. The minimum Gasteiger partial charge on any atom is -0.462 e. The molecule has 1 saturated carbocycles. The number of esters is 5. The molecule has 13 heteroatoms. The lowest BCUT2D eigenvalue weighted by molar-refractivity contribution is -0.252. The number of hydrogen-bond donors (Lipinski definition) is 1. The third-order valence-corrected chi connectivity index (χ3v) is 8.97. The Morgan fingerprint density at radius 1 is 1.00 bits per heavy atom. The lowest BCUT2D eigenvalue weighted by Gasteiger charge is -2.57. The number of rotatable bonds is 5. The highest BCUT2D eigenvalue weighted by atomic mass is 35.5. The molecular formula is C28H35ClO12. The molecule has 4 aliphatic rings. The summed E-state index contributed by atoms with van der Waals surface area (Å²) in [5.41, 5.74) is -4.65. The molecule has 2 aliphatic carbocycles. The van der Waals surface area contributed by atoms with E-state index in [2.05, 4.69) is 0 Å². The Morgan fingerprint density at radius 3 is 2.07 bits per heavy atom. The lowest BCUT2D eigenvalue weighted by atomic mass is 9.52. The van der Waals surface area contributed by atoms with Gasteiger partial charge in [0.05, 0.1) is 17.9 Å². The summed E-state index contributed by atoms with van der Waals surface area (Å²) in [6, 6.07) is 0. The Balaban J connectivity index is 2.09. The van der Waals surface area contributed by atoms with Crippen LogP contribution in [-0.2, 0) is 52.4 Å². The SMILES string of the molecule is CC(=O)OC1CC(OC(C)=O)C2(C)C(OC(C)=O)C=CC(CCl)=CC3OC(=O)C(C)C3(O)C(OC(C)=O)C2C12CO2. The van der Waals surface area contributed by atoms with Crippen molar-refractivity contribution in [3.05, 3.63) is 23.8 Å². The van der Waals surface area contributed by atoms with Crippen molar-refractivity contribution in [2.24, 2.45) is 17.3 Å². The van der Waals surface area contributed by atoms with Crippen LogP contribution in [0.25, 0.3) is 0 Å². The van der Waals surface area contributed by atoms with Gasteiger partial charge in [-0.1, -0.05) is 13.0 Å². The van der Waals surface area contributed by atoms with E-state index in [1.54, 1.807) is 19.1 Å². The molecule has 1 N–H and O–H groups in total. The molecule has 12 nitrogen and oxygen atoms in total. The first-order valence-electron chi connectivity index (χ1n) is 13.3. The third kappa shape index (κ3) is 5.25. The van der Waals surface area contributed by atoms with Gasteiger partial charge in [0.2, 0.25) is 0 Å². The van der Waals surface area contributed by atoms with Crippen LogP contribution in [0.5, 0.6) is 0 Å². The molecule has 0 radical (unpaired) electrons. The number of halogens is 1. The summed E-state index contributed by atoms with van der Waals surface area (Å²) in [6.45, 7) is 7.83. The zero-order chi connectivity index (χ0) is 30.5. The number of epoxide rings is 1. The Hall–Kier alpha value is -2.96. The van der Waals surface area contributed by atoms with Gasteiger partial charge in [0.15, 0.2) is 11.7 Å². The zero-order valence-corrected chi connectivity index (χ0v) is 24.5. The van der Waals surface area contributed by atoms with Crippen molar-refractivity contribution in [2.45, 2.75) is 89.7 Å². The van der Waals surface area contributed by atoms with Crippen LogP contribution in [-0.4, -0.2) is 89.2 Å². The molecular weight excluding hydrogens is 564 g/mol. The Labute approximate surface area is 242 Å². The quantitative estimate of drug-likeness (QED) is 0.210. The molecule has 2 aliphatic heterocycles. The topological polar surface area (TPSA) is 164 Å². The van der Waals surface area contributed by atoms with E-state index in [4.69, 9.17) is 40.0 Å². The van der Waals surface area contributed by atoms with Crippen LogP contribution in [0.2, 0.25) is 0 Å². The highest BCUT2D eigenvalue weighted by Crippen LogP contribution is 2.62. The number of ether oxygens (including phenoxy) is 6. The first kappa shape index (κ1) is 31.0. The van der Waals surface area contributed by atoms with Gasteiger partial charge in [-0.25, -0.2) is 0 Å². The molecule has 10 atom stereocenters. The molecule has 2 saturated heterocycles. The van der Waals surface area contributed by atoms with E-state index in [9.17, 15) is 29.1 Å². The van der Waals surface area contributed by atoms with Crippen molar-refractivity contribution in [1.82, 2.24) is 0 Å². The fourth-order valence-corrected chi connectivity index (χ4v) is 6.91. The monoisotopic (exact) mass is 598 g/mol. The summed E-state index contributed by atoms with van der Waals surface area (Å²) in [4.78, 5) is 62.7. The Kier molecular flexibility index (Phi) is 8.34. The Morgan fingerprint density at radius 2 is 1.56 bits per heavy atom. The predicted molar refractivity (Wildman–Crippen MR) is 139 cm³/mol. The average Bonchev–Trinajstić information content (AvgIpc) is 3.62. The molecule has 226 valence electrons. The predicted octanol–water partition coefficient (Wildman–Crippen LogP) is 1.54. The van der Waals surface area contributed by atoms with Crippen LogP contribution in [0, 0.1) is 17.3 Å². The van der Waals surface area contributed by atoms with Gasteiger partial charge in [0.25, 0.3) is 0 Å². The number of carbonyl (C=O) groups excluding carboxylic acids is 5. The highest BCUT2D eigenvalue weighted by Gasteiger charge is 2.78. The van der Waals surface area contributed by atoms with E-state index in [0.29, 0.717) is 5.57 Å². The molecule has 0 aromatic rings. The van der Waals surface area contributed by atoms with E-state index in [1.807, 2.05) is 0 Å².